The summed E-state index contributed by atoms with van der Waals surface area (Å²) in [4.78, 5) is 13.4. The van der Waals surface area contributed by atoms with Crippen molar-refractivity contribution in [2.45, 2.75) is 32.5 Å². The van der Waals surface area contributed by atoms with Gasteiger partial charge in [0, 0.05) is 19.6 Å². The van der Waals surface area contributed by atoms with Crippen molar-refractivity contribution in [3.8, 4) is 0 Å². The molecule has 0 bridgehead atoms. The van der Waals surface area contributed by atoms with Crippen molar-refractivity contribution in [2.75, 3.05) is 13.1 Å². The first-order chi connectivity index (χ1) is 8.70. The average Bonchev–Trinajstić information content (AvgIpc) is 2.76. The molecule has 98 valence electrons. The van der Waals surface area contributed by atoms with Gasteiger partial charge < -0.3 is 10.4 Å². The van der Waals surface area contributed by atoms with Gasteiger partial charge in [-0.1, -0.05) is 31.2 Å². The summed E-state index contributed by atoms with van der Waals surface area (Å²) in [5, 5.41) is 12.3. The maximum absolute atomic E-state index is 11.2. The van der Waals surface area contributed by atoms with E-state index in [9.17, 15) is 9.90 Å². The molecule has 18 heavy (non-hydrogen) atoms. The minimum Gasteiger partial charge on any atom is -0.480 e. The van der Waals surface area contributed by atoms with Crippen LogP contribution in [-0.2, 0) is 17.9 Å². The Labute approximate surface area is 108 Å². The molecule has 0 radical (unpaired) electrons. The van der Waals surface area contributed by atoms with E-state index in [1.54, 1.807) is 0 Å². The fourth-order valence-electron chi connectivity index (χ4n) is 2.34. The largest absolute Gasteiger partial charge is 0.480 e. The molecule has 1 aromatic carbocycles. The van der Waals surface area contributed by atoms with Gasteiger partial charge in [-0.3, -0.25) is 9.69 Å². The van der Waals surface area contributed by atoms with Gasteiger partial charge in [-0.05, 0) is 24.1 Å². The highest BCUT2D eigenvalue weighted by atomic mass is 16.4. The number of carboxylic acids is 1. The lowest BCUT2D eigenvalue weighted by molar-refractivity contribution is -0.140. The average molecular weight is 248 g/mol. The number of benzene rings is 1. The van der Waals surface area contributed by atoms with E-state index in [2.05, 4.69) is 22.3 Å². The van der Waals surface area contributed by atoms with E-state index < -0.39 is 12.0 Å². The zero-order valence-corrected chi connectivity index (χ0v) is 10.7. The molecular weight excluding hydrogens is 228 g/mol. The number of carbonyl (C=O) groups is 1. The molecular formula is C14H20N2O2. The second-order valence-electron chi connectivity index (χ2n) is 4.78. The van der Waals surface area contributed by atoms with Gasteiger partial charge >= 0.3 is 5.97 Å². The van der Waals surface area contributed by atoms with E-state index in [0.717, 1.165) is 26.1 Å². The van der Waals surface area contributed by atoms with Gasteiger partial charge in [0.1, 0.15) is 6.04 Å². The molecule has 0 saturated heterocycles. The molecule has 0 amide bonds. The summed E-state index contributed by atoms with van der Waals surface area (Å²) in [5.41, 5.74) is 2.63. The number of hydrogen-bond donors (Lipinski definition) is 2. The Kier molecular flexibility index (Phi) is 4.33. The monoisotopic (exact) mass is 248 g/mol. The van der Waals surface area contributed by atoms with Gasteiger partial charge in [0.25, 0.3) is 0 Å². The molecule has 0 aromatic heterocycles. The van der Waals surface area contributed by atoms with Crippen molar-refractivity contribution < 1.29 is 9.90 Å². The van der Waals surface area contributed by atoms with E-state index >= 15 is 0 Å². The van der Waals surface area contributed by atoms with Crippen LogP contribution in [0.5, 0.6) is 0 Å². The summed E-state index contributed by atoms with van der Waals surface area (Å²) in [5.74, 6) is -0.764. The van der Waals surface area contributed by atoms with Gasteiger partial charge in [-0.15, -0.1) is 0 Å². The predicted molar refractivity (Wildman–Crippen MR) is 70.3 cm³/mol. The standard InChI is InChI=1S/C14H20N2O2/c1-2-7-15-13(14(17)18)10-16-8-11-5-3-4-6-12(11)9-16/h3-6,13,15H,2,7-10H2,1H3,(H,17,18). The van der Waals surface area contributed by atoms with Crippen molar-refractivity contribution in [3.05, 3.63) is 35.4 Å². The third kappa shape index (κ3) is 3.09. The number of aliphatic carboxylic acids is 1. The quantitative estimate of drug-likeness (QED) is 0.800. The van der Waals surface area contributed by atoms with Crippen molar-refractivity contribution >= 4 is 5.97 Å². The Balaban J connectivity index is 1.92. The number of nitrogens with zero attached hydrogens (tertiary/aromatic N) is 1. The summed E-state index contributed by atoms with van der Waals surface area (Å²) >= 11 is 0. The van der Waals surface area contributed by atoms with Crippen LogP contribution in [0.25, 0.3) is 0 Å². The minimum atomic E-state index is -0.764. The Bertz CT molecular complexity index is 395. The Morgan fingerprint density at radius 2 is 2.00 bits per heavy atom. The first-order valence-electron chi connectivity index (χ1n) is 6.46. The lowest BCUT2D eigenvalue weighted by atomic mass is 10.1. The van der Waals surface area contributed by atoms with Crippen LogP contribution in [0, 0.1) is 0 Å². The Morgan fingerprint density at radius 3 is 2.50 bits per heavy atom. The highest BCUT2D eigenvalue weighted by molar-refractivity contribution is 5.73. The summed E-state index contributed by atoms with van der Waals surface area (Å²) in [6.07, 6.45) is 0.948. The normalized spacial score (nSPS) is 16.5. The van der Waals surface area contributed by atoms with Crippen LogP contribution in [0.3, 0.4) is 0 Å². The van der Waals surface area contributed by atoms with Gasteiger partial charge in [0.15, 0.2) is 0 Å². The predicted octanol–water partition coefficient (Wildman–Crippen LogP) is 1.45. The molecule has 0 fully saturated rings. The van der Waals surface area contributed by atoms with E-state index in [1.165, 1.54) is 11.1 Å². The molecule has 1 heterocycles. The van der Waals surface area contributed by atoms with Crippen LogP contribution in [-0.4, -0.2) is 35.1 Å². The fourth-order valence-corrected chi connectivity index (χ4v) is 2.34. The summed E-state index contributed by atoms with van der Waals surface area (Å²) in [7, 11) is 0. The van der Waals surface area contributed by atoms with Crippen LogP contribution in [0.15, 0.2) is 24.3 Å². The maximum Gasteiger partial charge on any atom is 0.322 e. The minimum absolute atomic E-state index is 0.473. The Hall–Kier alpha value is -1.39. The third-order valence-corrected chi connectivity index (χ3v) is 3.29. The smallest absolute Gasteiger partial charge is 0.322 e. The van der Waals surface area contributed by atoms with Crippen molar-refractivity contribution in [2.24, 2.45) is 0 Å². The lowest BCUT2D eigenvalue weighted by Gasteiger charge is -2.21. The van der Waals surface area contributed by atoms with Crippen molar-refractivity contribution in [3.63, 3.8) is 0 Å². The molecule has 1 aliphatic heterocycles. The zero-order chi connectivity index (χ0) is 13.0. The van der Waals surface area contributed by atoms with E-state index in [1.807, 2.05) is 19.1 Å². The van der Waals surface area contributed by atoms with Gasteiger partial charge in [0.05, 0.1) is 0 Å². The highest BCUT2D eigenvalue weighted by Crippen LogP contribution is 2.22. The van der Waals surface area contributed by atoms with Crippen molar-refractivity contribution in [1.82, 2.24) is 10.2 Å². The summed E-state index contributed by atoms with van der Waals surface area (Å²) < 4.78 is 0. The number of rotatable bonds is 6. The molecule has 1 unspecified atom stereocenters. The van der Waals surface area contributed by atoms with E-state index in [-0.39, 0.29) is 0 Å². The van der Waals surface area contributed by atoms with Crippen LogP contribution in [0.1, 0.15) is 24.5 Å². The number of fused-ring (bicyclic) bond motifs is 1. The van der Waals surface area contributed by atoms with Crippen molar-refractivity contribution in [1.29, 1.82) is 0 Å². The Morgan fingerprint density at radius 1 is 1.39 bits per heavy atom. The lowest BCUT2D eigenvalue weighted by Crippen LogP contribution is -2.45. The highest BCUT2D eigenvalue weighted by Gasteiger charge is 2.24. The molecule has 1 atom stereocenters. The topological polar surface area (TPSA) is 52.6 Å². The van der Waals surface area contributed by atoms with Crippen LogP contribution in [0.2, 0.25) is 0 Å². The molecule has 2 rings (SSSR count). The molecule has 1 aliphatic rings. The van der Waals surface area contributed by atoms with Crippen LogP contribution >= 0.6 is 0 Å². The summed E-state index contributed by atoms with van der Waals surface area (Å²) in [6.45, 7) is 5.06. The number of nitrogens with one attached hydrogen (secondary N) is 1. The van der Waals surface area contributed by atoms with Gasteiger partial charge in [0.2, 0.25) is 0 Å². The molecule has 0 spiro atoms. The first kappa shape index (κ1) is 13.1. The number of hydrogen-bond acceptors (Lipinski definition) is 3. The molecule has 4 heteroatoms. The fraction of sp³-hybridized carbons (Fsp3) is 0.500. The molecule has 2 N–H and O–H groups in total. The molecule has 0 aliphatic carbocycles. The van der Waals surface area contributed by atoms with Crippen LogP contribution < -0.4 is 5.32 Å². The molecule has 0 saturated carbocycles. The maximum atomic E-state index is 11.2. The molecule has 1 aromatic rings. The van der Waals surface area contributed by atoms with E-state index in [4.69, 9.17) is 0 Å². The second-order valence-corrected chi connectivity index (χ2v) is 4.78. The SMILES string of the molecule is CCCNC(CN1Cc2ccccc2C1)C(=O)O. The summed E-state index contributed by atoms with van der Waals surface area (Å²) in [6, 6.07) is 7.83. The van der Waals surface area contributed by atoms with Gasteiger partial charge in [-0.25, -0.2) is 0 Å². The van der Waals surface area contributed by atoms with Crippen LogP contribution in [0.4, 0.5) is 0 Å². The first-order valence-corrected chi connectivity index (χ1v) is 6.46. The molecule has 4 nitrogen and oxygen atoms in total. The zero-order valence-electron chi connectivity index (χ0n) is 10.7. The number of carboxylic acid groups (broad SMARTS) is 1. The second kappa shape index (κ2) is 5.98. The third-order valence-electron chi connectivity index (χ3n) is 3.29. The van der Waals surface area contributed by atoms with Gasteiger partial charge in [-0.2, -0.15) is 0 Å². The van der Waals surface area contributed by atoms with E-state index in [0.29, 0.717) is 6.54 Å².